The van der Waals surface area contributed by atoms with E-state index in [9.17, 15) is 0 Å². The maximum atomic E-state index is 5.75. The highest BCUT2D eigenvalue weighted by atomic mass is 32.1. The number of aromatic nitrogens is 3. The van der Waals surface area contributed by atoms with Crippen molar-refractivity contribution in [3.8, 4) is 22.6 Å². The Hall–Kier alpha value is -2.66. The van der Waals surface area contributed by atoms with Crippen LogP contribution >= 0.6 is 11.3 Å². The van der Waals surface area contributed by atoms with E-state index in [0.717, 1.165) is 33.3 Å². The first-order valence-corrected chi connectivity index (χ1v) is 7.45. The lowest BCUT2D eigenvalue weighted by molar-refractivity contribution is 1.11. The van der Waals surface area contributed by atoms with Gasteiger partial charge in [-0.3, -0.25) is 4.40 Å². The summed E-state index contributed by atoms with van der Waals surface area (Å²) < 4.78 is 2.09. The summed E-state index contributed by atoms with van der Waals surface area (Å²) in [4.78, 5) is 0.890. The molecule has 0 aliphatic carbocycles. The molecule has 2 aromatic carbocycles. The number of nitrogens with zero attached hydrogens (tertiary/aromatic N) is 3. The predicted molar refractivity (Wildman–Crippen MR) is 86.1 cm³/mol. The third-order valence-electron chi connectivity index (χ3n) is 3.39. The van der Waals surface area contributed by atoms with Crippen LogP contribution in [0.25, 0.3) is 27.6 Å². The van der Waals surface area contributed by atoms with E-state index in [-0.39, 0.29) is 0 Å². The van der Waals surface area contributed by atoms with Gasteiger partial charge in [0.2, 0.25) is 4.96 Å². The van der Waals surface area contributed by atoms with Gasteiger partial charge in [0, 0.05) is 16.6 Å². The number of nitrogen functional groups attached to an aromatic ring is 1. The largest absolute Gasteiger partial charge is 0.399 e. The molecule has 2 N–H and O–H groups in total. The van der Waals surface area contributed by atoms with Crippen LogP contribution in [-0.4, -0.2) is 14.6 Å². The maximum absolute atomic E-state index is 5.75. The van der Waals surface area contributed by atoms with Gasteiger partial charge in [-0.15, -0.1) is 21.5 Å². The Morgan fingerprint density at radius 2 is 1.62 bits per heavy atom. The number of hydrogen-bond donors (Lipinski definition) is 1. The standard InChI is InChI=1S/C16H12N4S/c17-13-8-6-12(7-9-13)15-18-19-16-20(15)14(10-21-16)11-4-2-1-3-5-11/h1-10H,17H2. The lowest BCUT2D eigenvalue weighted by Crippen LogP contribution is -1.91. The third-order valence-corrected chi connectivity index (χ3v) is 4.20. The van der Waals surface area contributed by atoms with E-state index in [4.69, 9.17) is 5.73 Å². The summed E-state index contributed by atoms with van der Waals surface area (Å²) in [6, 6.07) is 18.0. The lowest BCUT2D eigenvalue weighted by Gasteiger charge is -2.03. The fourth-order valence-corrected chi connectivity index (χ4v) is 3.19. The monoisotopic (exact) mass is 292 g/mol. The number of hydrogen-bond acceptors (Lipinski definition) is 4. The normalized spacial score (nSPS) is 11.0. The first-order chi connectivity index (χ1) is 10.3. The molecule has 4 aromatic rings. The molecule has 0 saturated heterocycles. The number of thiazole rings is 1. The molecule has 0 fully saturated rings. The molecule has 0 saturated carbocycles. The Balaban J connectivity index is 1.95. The molecular formula is C16H12N4S. The fourth-order valence-electron chi connectivity index (χ4n) is 2.35. The van der Waals surface area contributed by atoms with Gasteiger partial charge in [0.05, 0.1) is 5.69 Å². The van der Waals surface area contributed by atoms with Crippen LogP contribution in [-0.2, 0) is 0 Å². The Kier molecular flexibility index (Phi) is 2.72. The smallest absolute Gasteiger partial charge is 0.216 e. The topological polar surface area (TPSA) is 56.2 Å². The van der Waals surface area contributed by atoms with Crippen LogP contribution in [0.1, 0.15) is 0 Å². The van der Waals surface area contributed by atoms with Crippen LogP contribution in [0.4, 0.5) is 5.69 Å². The summed E-state index contributed by atoms with van der Waals surface area (Å²) in [6.07, 6.45) is 0. The summed E-state index contributed by atoms with van der Waals surface area (Å²) in [5.74, 6) is 0.838. The molecule has 0 aliphatic rings. The second-order valence-electron chi connectivity index (χ2n) is 4.75. The highest BCUT2D eigenvalue weighted by molar-refractivity contribution is 7.15. The van der Waals surface area contributed by atoms with Gasteiger partial charge in [0.1, 0.15) is 0 Å². The van der Waals surface area contributed by atoms with Gasteiger partial charge in [0.15, 0.2) is 5.82 Å². The summed E-state index contributed by atoms with van der Waals surface area (Å²) in [7, 11) is 0. The lowest BCUT2D eigenvalue weighted by atomic mass is 10.1. The quantitative estimate of drug-likeness (QED) is 0.573. The van der Waals surface area contributed by atoms with Crippen LogP contribution in [0.5, 0.6) is 0 Å². The van der Waals surface area contributed by atoms with E-state index in [1.54, 1.807) is 11.3 Å². The molecule has 4 nitrogen and oxygen atoms in total. The third kappa shape index (κ3) is 1.98. The zero-order valence-corrected chi connectivity index (χ0v) is 11.9. The van der Waals surface area contributed by atoms with Crippen molar-refractivity contribution in [3.63, 3.8) is 0 Å². The number of anilines is 1. The molecule has 0 unspecified atom stereocenters. The van der Waals surface area contributed by atoms with Gasteiger partial charge >= 0.3 is 0 Å². The number of benzene rings is 2. The molecule has 2 heterocycles. The van der Waals surface area contributed by atoms with Gasteiger partial charge in [-0.25, -0.2) is 0 Å². The van der Waals surface area contributed by atoms with Crippen molar-refractivity contribution < 1.29 is 0 Å². The minimum atomic E-state index is 0.744. The molecule has 0 aliphatic heterocycles. The highest BCUT2D eigenvalue weighted by Crippen LogP contribution is 2.30. The van der Waals surface area contributed by atoms with E-state index < -0.39 is 0 Å². The Morgan fingerprint density at radius 3 is 2.38 bits per heavy atom. The van der Waals surface area contributed by atoms with Crippen molar-refractivity contribution in [3.05, 3.63) is 60.0 Å². The molecule has 2 aromatic heterocycles. The molecule has 0 spiro atoms. The molecule has 5 heteroatoms. The predicted octanol–water partition coefficient (Wildman–Crippen LogP) is 3.71. The second kappa shape index (κ2) is 4.71. The Labute approximate surface area is 125 Å². The average Bonchev–Trinajstić information content (AvgIpc) is 3.11. The van der Waals surface area contributed by atoms with E-state index >= 15 is 0 Å². The number of rotatable bonds is 2. The number of nitrogens with two attached hydrogens (primary N) is 1. The zero-order chi connectivity index (χ0) is 14.2. The Morgan fingerprint density at radius 1 is 0.857 bits per heavy atom. The molecular weight excluding hydrogens is 280 g/mol. The van der Waals surface area contributed by atoms with Crippen LogP contribution < -0.4 is 5.73 Å². The van der Waals surface area contributed by atoms with E-state index in [1.165, 1.54) is 0 Å². The fraction of sp³-hybridized carbons (Fsp3) is 0. The molecule has 4 rings (SSSR count). The molecule has 0 radical (unpaired) electrons. The molecule has 102 valence electrons. The van der Waals surface area contributed by atoms with Crippen LogP contribution in [0.3, 0.4) is 0 Å². The van der Waals surface area contributed by atoms with Gasteiger partial charge in [-0.1, -0.05) is 30.3 Å². The van der Waals surface area contributed by atoms with Crippen molar-refractivity contribution in [1.82, 2.24) is 14.6 Å². The maximum Gasteiger partial charge on any atom is 0.216 e. The summed E-state index contributed by atoms with van der Waals surface area (Å²) in [6.45, 7) is 0. The van der Waals surface area contributed by atoms with Gasteiger partial charge < -0.3 is 5.73 Å². The highest BCUT2D eigenvalue weighted by Gasteiger charge is 2.14. The summed E-state index contributed by atoms with van der Waals surface area (Å²) >= 11 is 1.59. The van der Waals surface area contributed by atoms with Crippen molar-refractivity contribution in [2.45, 2.75) is 0 Å². The zero-order valence-electron chi connectivity index (χ0n) is 11.1. The minimum absolute atomic E-state index is 0.744. The van der Waals surface area contributed by atoms with E-state index in [2.05, 4.69) is 32.1 Å². The summed E-state index contributed by atoms with van der Waals surface area (Å²) in [5, 5.41) is 10.7. The summed E-state index contributed by atoms with van der Waals surface area (Å²) in [5.41, 5.74) is 9.76. The van der Waals surface area contributed by atoms with E-state index in [1.807, 2.05) is 42.5 Å². The van der Waals surface area contributed by atoms with Crippen LogP contribution in [0.15, 0.2) is 60.0 Å². The van der Waals surface area contributed by atoms with E-state index in [0.29, 0.717) is 0 Å². The van der Waals surface area contributed by atoms with Gasteiger partial charge in [0.25, 0.3) is 0 Å². The van der Waals surface area contributed by atoms with Crippen LogP contribution in [0, 0.1) is 0 Å². The van der Waals surface area contributed by atoms with Gasteiger partial charge in [-0.05, 0) is 29.8 Å². The van der Waals surface area contributed by atoms with Crippen molar-refractivity contribution >= 4 is 22.0 Å². The van der Waals surface area contributed by atoms with Crippen LogP contribution in [0.2, 0.25) is 0 Å². The number of fused-ring (bicyclic) bond motifs is 1. The molecule has 0 atom stereocenters. The van der Waals surface area contributed by atoms with Crippen molar-refractivity contribution in [2.75, 3.05) is 5.73 Å². The minimum Gasteiger partial charge on any atom is -0.399 e. The average molecular weight is 292 g/mol. The van der Waals surface area contributed by atoms with Crippen molar-refractivity contribution in [2.24, 2.45) is 0 Å². The second-order valence-corrected chi connectivity index (χ2v) is 5.59. The first-order valence-electron chi connectivity index (χ1n) is 6.57. The molecule has 21 heavy (non-hydrogen) atoms. The molecule has 0 amide bonds. The SMILES string of the molecule is Nc1ccc(-c2nnc3scc(-c4ccccc4)n23)cc1. The van der Waals surface area contributed by atoms with Crippen molar-refractivity contribution in [1.29, 1.82) is 0 Å². The molecule has 0 bridgehead atoms. The van der Waals surface area contributed by atoms with Gasteiger partial charge in [-0.2, -0.15) is 0 Å². The Bertz CT molecular complexity index is 891. The first kappa shape index (κ1) is 12.1.